The number of hydrogen-bond donors (Lipinski definition) is 1. The summed E-state index contributed by atoms with van der Waals surface area (Å²) in [6.07, 6.45) is 1.19. The molecule has 2 nitrogen and oxygen atoms in total. The molecule has 1 aromatic carbocycles. The van der Waals surface area contributed by atoms with Crippen molar-refractivity contribution in [1.82, 2.24) is 10.2 Å². The van der Waals surface area contributed by atoms with E-state index in [1.807, 2.05) is 12.1 Å². The summed E-state index contributed by atoms with van der Waals surface area (Å²) in [4.78, 5) is 2.33. The Morgan fingerprint density at radius 3 is 2.56 bits per heavy atom. The maximum atomic E-state index is 5.84. The fraction of sp³-hybridized carbons (Fsp3) is 0.538. The highest BCUT2D eigenvalue weighted by molar-refractivity contribution is 6.30. The first-order chi connectivity index (χ1) is 7.72. The molecule has 0 aliphatic carbocycles. The Labute approximate surface area is 104 Å². The van der Waals surface area contributed by atoms with Gasteiger partial charge in [-0.3, -0.25) is 0 Å². The van der Waals surface area contributed by atoms with Crippen molar-refractivity contribution in [3.8, 4) is 0 Å². The SMILES string of the molecule is CCNCCCN(C)Cc1ccc(Cl)cc1. The molecule has 0 saturated carbocycles. The van der Waals surface area contributed by atoms with Crippen LogP contribution in [-0.2, 0) is 6.54 Å². The van der Waals surface area contributed by atoms with E-state index in [1.54, 1.807) is 0 Å². The highest BCUT2D eigenvalue weighted by Crippen LogP contribution is 2.10. The van der Waals surface area contributed by atoms with Gasteiger partial charge in [-0.25, -0.2) is 0 Å². The first kappa shape index (κ1) is 13.5. The van der Waals surface area contributed by atoms with E-state index in [9.17, 15) is 0 Å². The van der Waals surface area contributed by atoms with Crippen molar-refractivity contribution in [2.45, 2.75) is 19.9 Å². The van der Waals surface area contributed by atoms with Crippen molar-refractivity contribution in [1.29, 1.82) is 0 Å². The van der Waals surface area contributed by atoms with Gasteiger partial charge in [0.2, 0.25) is 0 Å². The van der Waals surface area contributed by atoms with E-state index in [0.29, 0.717) is 0 Å². The van der Waals surface area contributed by atoms with Crippen LogP contribution in [0.1, 0.15) is 18.9 Å². The van der Waals surface area contributed by atoms with Crippen LogP contribution in [0.3, 0.4) is 0 Å². The van der Waals surface area contributed by atoms with E-state index in [1.165, 1.54) is 12.0 Å². The standard InChI is InChI=1S/C13H21ClN2/c1-3-15-9-4-10-16(2)11-12-5-7-13(14)8-6-12/h5-8,15H,3-4,9-11H2,1-2H3. The summed E-state index contributed by atoms with van der Waals surface area (Å²) in [6.45, 7) is 6.40. The van der Waals surface area contributed by atoms with Gasteiger partial charge in [-0.1, -0.05) is 30.7 Å². The molecule has 0 aliphatic rings. The summed E-state index contributed by atoms with van der Waals surface area (Å²) >= 11 is 5.84. The summed E-state index contributed by atoms with van der Waals surface area (Å²) in [7, 11) is 2.15. The van der Waals surface area contributed by atoms with Crippen LogP contribution >= 0.6 is 11.6 Å². The second-order valence-corrected chi connectivity index (χ2v) is 4.51. The van der Waals surface area contributed by atoms with Crippen molar-refractivity contribution >= 4 is 11.6 Å². The molecule has 90 valence electrons. The smallest absolute Gasteiger partial charge is 0.0406 e. The number of hydrogen-bond acceptors (Lipinski definition) is 2. The quantitative estimate of drug-likeness (QED) is 0.738. The zero-order valence-corrected chi connectivity index (χ0v) is 10.9. The Kier molecular flexibility index (Phi) is 6.46. The Balaban J connectivity index is 2.23. The summed E-state index contributed by atoms with van der Waals surface area (Å²) in [5.74, 6) is 0. The average molecular weight is 241 g/mol. The van der Waals surface area contributed by atoms with E-state index in [2.05, 4.69) is 36.3 Å². The van der Waals surface area contributed by atoms with Gasteiger partial charge < -0.3 is 10.2 Å². The predicted molar refractivity (Wildman–Crippen MR) is 70.9 cm³/mol. The van der Waals surface area contributed by atoms with Crippen molar-refractivity contribution in [2.24, 2.45) is 0 Å². The van der Waals surface area contributed by atoms with E-state index < -0.39 is 0 Å². The number of nitrogens with zero attached hydrogens (tertiary/aromatic N) is 1. The van der Waals surface area contributed by atoms with Crippen LogP contribution in [0.4, 0.5) is 0 Å². The minimum Gasteiger partial charge on any atom is -0.317 e. The van der Waals surface area contributed by atoms with Crippen LogP contribution in [0.15, 0.2) is 24.3 Å². The molecule has 0 unspecified atom stereocenters. The van der Waals surface area contributed by atoms with E-state index in [4.69, 9.17) is 11.6 Å². The first-order valence-electron chi connectivity index (χ1n) is 5.86. The Morgan fingerprint density at radius 1 is 1.25 bits per heavy atom. The van der Waals surface area contributed by atoms with Gasteiger partial charge in [0.15, 0.2) is 0 Å². The van der Waals surface area contributed by atoms with Gasteiger partial charge >= 0.3 is 0 Å². The van der Waals surface area contributed by atoms with Crippen LogP contribution in [0.25, 0.3) is 0 Å². The second kappa shape index (κ2) is 7.66. The molecule has 1 rings (SSSR count). The molecule has 0 amide bonds. The van der Waals surface area contributed by atoms with Crippen molar-refractivity contribution in [3.05, 3.63) is 34.9 Å². The Bertz CT molecular complexity index is 284. The maximum Gasteiger partial charge on any atom is 0.0406 e. The predicted octanol–water partition coefficient (Wildman–Crippen LogP) is 2.77. The van der Waals surface area contributed by atoms with Gasteiger partial charge in [-0.15, -0.1) is 0 Å². The minimum atomic E-state index is 0.804. The number of nitrogens with one attached hydrogen (secondary N) is 1. The number of rotatable bonds is 7. The number of benzene rings is 1. The highest BCUT2D eigenvalue weighted by atomic mass is 35.5. The van der Waals surface area contributed by atoms with E-state index in [-0.39, 0.29) is 0 Å². The van der Waals surface area contributed by atoms with Gasteiger partial charge in [0.05, 0.1) is 0 Å². The molecule has 1 aromatic rings. The molecular weight excluding hydrogens is 220 g/mol. The van der Waals surface area contributed by atoms with Gasteiger partial charge in [0.25, 0.3) is 0 Å². The fourth-order valence-electron chi connectivity index (χ4n) is 1.63. The van der Waals surface area contributed by atoms with Crippen LogP contribution in [-0.4, -0.2) is 31.6 Å². The van der Waals surface area contributed by atoms with Crippen LogP contribution in [0.5, 0.6) is 0 Å². The van der Waals surface area contributed by atoms with Crippen molar-refractivity contribution in [3.63, 3.8) is 0 Å². The molecule has 16 heavy (non-hydrogen) atoms. The fourth-order valence-corrected chi connectivity index (χ4v) is 1.76. The lowest BCUT2D eigenvalue weighted by Gasteiger charge is -2.16. The Morgan fingerprint density at radius 2 is 1.94 bits per heavy atom. The van der Waals surface area contributed by atoms with E-state index in [0.717, 1.165) is 31.2 Å². The van der Waals surface area contributed by atoms with Crippen LogP contribution in [0.2, 0.25) is 5.02 Å². The topological polar surface area (TPSA) is 15.3 Å². The lowest BCUT2D eigenvalue weighted by Crippen LogP contribution is -2.23. The van der Waals surface area contributed by atoms with Crippen molar-refractivity contribution < 1.29 is 0 Å². The van der Waals surface area contributed by atoms with Gasteiger partial charge in [-0.05, 0) is 50.8 Å². The summed E-state index contributed by atoms with van der Waals surface area (Å²) in [5, 5.41) is 4.14. The molecule has 0 fully saturated rings. The molecule has 0 bridgehead atoms. The second-order valence-electron chi connectivity index (χ2n) is 4.07. The van der Waals surface area contributed by atoms with Crippen LogP contribution < -0.4 is 5.32 Å². The zero-order valence-electron chi connectivity index (χ0n) is 10.2. The monoisotopic (exact) mass is 240 g/mol. The molecule has 0 radical (unpaired) electrons. The third-order valence-electron chi connectivity index (χ3n) is 2.51. The minimum absolute atomic E-state index is 0.804. The van der Waals surface area contributed by atoms with E-state index >= 15 is 0 Å². The lowest BCUT2D eigenvalue weighted by molar-refractivity contribution is 0.320. The molecule has 0 spiro atoms. The highest BCUT2D eigenvalue weighted by Gasteiger charge is 1.99. The molecule has 0 heterocycles. The molecule has 0 saturated heterocycles. The third kappa shape index (κ3) is 5.50. The summed E-state index contributed by atoms with van der Waals surface area (Å²) in [6, 6.07) is 8.07. The molecular formula is C13H21ClN2. The van der Waals surface area contributed by atoms with Gasteiger partial charge in [-0.2, -0.15) is 0 Å². The molecule has 0 atom stereocenters. The summed E-state index contributed by atoms with van der Waals surface area (Å²) in [5.41, 5.74) is 1.32. The molecule has 1 N–H and O–H groups in total. The summed E-state index contributed by atoms with van der Waals surface area (Å²) < 4.78 is 0. The molecule has 0 aliphatic heterocycles. The largest absolute Gasteiger partial charge is 0.317 e. The van der Waals surface area contributed by atoms with Crippen molar-refractivity contribution in [2.75, 3.05) is 26.7 Å². The molecule has 0 aromatic heterocycles. The zero-order chi connectivity index (χ0) is 11.8. The average Bonchev–Trinajstić information content (AvgIpc) is 2.28. The number of halogens is 1. The normalized spacial score (nSPS) is 11.0. The van der Waals surface area contributed by atoms with Gasteiger partial charge in [0, 0.05) is 11.6 Å². The maximum absolute atomic E-state index is 5.84. The third-order valence-corrected chi connectivity index (χ3v) is 2.76. The van der Waals surface area contributed by atoms with Gasteiger partial charge in [0.1, 0.15) is 0 Å². The molecule has 3 heteroatoms. The lowest BCUT2D eigenvalue weighted by atomic mass is 10.2. The first-order valence-corrected chi connectivity index (χ1v) is 6.24. The van der Waals surface area contributed by atoms with Crippen LogP contribution in [0, 0.1) is 0 Å². The Hall–Kier alpha value is -0.570.